The zero-order valence-corrected chi connectivity index (χ0v) is 12.1. The van der Waals surface area contributed by atoms with Gasteiger partial charge in [0.1, 0.15) is 5.76 Å². The van der Waals surface area contributed by atoms with Crippen molar-refractivity contribution < 1.29 is 13.9 Å². The van der Waals surface area contributed by atoms with Crippen molar-refractivity contribution in [1.29, 1.82) is 0 Å². The van der Waals surface area contributed by atoms with Gasteiger partial charge in [-0.3, -0.25) is 9.79 Å². The van der Waals surface area contributed by atoms with Crippen molar-refractivity contribution in [1.82, 2.24) is 10.2 Å². The molecule has 1 saturated heterocycles. The van der Waals surface area contributed by atoms with Crippen molar-refractivity contribution in [3.8, 4) is 0 Å². The first kappa shape index (κ1) is 14.4. The van der Waals surface area contributed by atoms with E-state index in [1.807, 2.05) is 12.1 Å². The molecule has 6 nitrogen and oxygen atoms in total. The van der Waals surface area contributed by atoms with Gasteiger partial charge in [-0.25, -0.2) is 0 Å². The number of rotatable bonds is 3. The SMILES string of the molecule is CN=C(NCc1ccco1)N1CC(C)C(C(=O)OC)C1. The number of nitrogens with zero attached hydrogens (tertiary/aromatic N) is 2. The fourth-order valence-corrected chi connectivity index (χ4v) is 2.51. The maximum Gasteiger partial charge on any atom is 0.310 e. The third-order valence-corrected chi connectivity index (χ3v) is 3.63. The molecule has 0 aliphatic carbocycles. The average Bonchev–Trinajstić information content (AvgIpc) is 3.08. The Balaban J connectivity index is 1.94. The lowest BCUT2D eigenvalue weighted by atomic mass is 9.99. The zero-order chi connectivity index (χ0) is 14.5. The minimum absolute atomic E-state index is 0.0952. The van der Waals surface area contributed by atoms with E-state index in [2.05, 4.69) is 22.1 Å². The van der Waals surface area contributed by atoms with Crippen molar-refractivity contribution >= 4 is 11.9 Å². The molecule has 2 unspecified atom stereocenters. The Morgan fingerprint density at radius 2 is 2.40 bits per heavy atom. The number of aliphatic imine (C=N–C) groups is 1. The number of carbonyl (C=O) groups is 1. The Hall–Kier alpha value is -1.98. The highest BCUT2D eigenvalue weighted by molar-refractivity contribution is 5.82. The second kappa shape index (κ2) is 6.45. The molecule has 1 aliphatic rings. The van der Waals surface area contributed by atoms with E-state index in [1.54, 1.807) is 13.3 Å². The molecule has 2 atom stereocenters. The van der Waals surface area contributed by atoms with Gasteiger partial charge >= 0.3 is 5.97 Å². The number of hydrogen-bond acceptors (Lipinski definition) is 4. The molecule has 1 N–H and O–H groups in total. The quantitative estimate of drug-likeness (QED) is 0.510. The number of ether oxygens (including phenoxy) is 1. The summed E-state index contributed by atoms with van der Waals surface area (Å²) in [4.78, 5) is 18.0. The van der Waals surface area contributed by atoms with Gasteiger partial charge in [-0.1, -0.05) is 6.92 Å². The fourth-order valence-electron chi connectivity index (χ4n) is 2.51. The van der Waals surface area contributed by atoms with E-state index in [1.165, 1.54) is 7.11 Å². The van der Waals surface area contributed by atoms with Crippen molar-refractivity contribution in [2.24, 2.45) is 16.8 Å². The highest BCUT2D eigenvalue weighted by Crippen LogP contribution is 2.24. The van der Waals surface area contributed by atoms with Crippen molar-refractivity contribution in [2.45, 2.75) is 13.5 Å². The summed E-state index contributed by atoms with van der Waals surface area (Å²) in [6.07, 6.45) is 1.64. The van der Waals surface area contributed by atoms with E-state index in [0.29, 0.717) is 13.1 Å². The molecule has 0 amide bonds. The van der Waals surface area contributed by atoms with Gasteiger partial charge in [-0.2, -0.15) is 0 Å². The third-order valence-electron chi connectivity index (χ3n) is 3.63. The summed E-state index contributed by atoms with van der Waals surface area (Å²) in [5.74, 6) is 1.64. The van der Waals surface area contributed by atoms with Gasteiger partial charge in [0.25, 0.3) is 0 Å². The third kappa shape index (κ3) is 3.12. The molecule has 0 saturated carbocycles. The van der Waals surface area contributed by atoms with Gasteiger partial charge in [-0.05, 0) is 18.1 Å². The van der Waals surface area contributed by atoms with Crippen LogP contribution in [-0.2, 0) is 16.1 Å². The maximum absolute atomic E-state index is 11.7. The largest absolute Gasteiger partial charge is 0.469 e. The number of likely N-dealkylation sites (tertiary alicyclic amines) is 1. The lowest BCUT2D eigenvalue weighted by molar-refractivity contribution is -0.145. The van der Waals surface area contributed by atoms with Crippen molar-refractivity contribution in [3.05, 3.63) is 24.2 Å². The van der Waals surface area contributed by atoms with E-state index < -0.39 is 0 Å². The van der Waals surface area contributed by atoms with Crippen LogP contribution in [0.4, 0.5) is 0 Å². The van der Waals surface area contributed by atoms with Gasteiger partial charge in [0.2, 0.25) is 0 Å². The molecule has 1 aliphatic heterocycles. The van der Waals surface area contributed by atoms with Crippen LogP contribution in [0.2, 0.25) is 0 Å². The summed E-state index contributed by atoms with van der Waals surface area (Å²) in [7, 11) is 3.17. The summed E-state index contributed by atoms with van der Waals surface area (Å²) >= 11 is 0. The number of carbonyl (C=O) groups excluding carboxylic acids is 1. The van der Waals surface area contributed by atoms with Gasteiger partial charge < -0.3 is 19.4 Å². The van der Waals surface area contributed by atoms with E-state index in [0.717, 1.165) is 18.3 Å². The first-order valence-corrected chi connectivity index (χ1v) is 6.71. The minimum Gasteiger partial charge on any atom is -0.469 e. The molecule has 0 aromatic carbocycles. The van der Waals surface area contributed by atoms with E-state index in [9.17, 15) is 4.79 Å². The van der Waals surface area contributed by atoms with Crippen LogP contribution in [-0.4, -0.2) is 44.1 Å². The number of hydrogen-bond donors (Lipinski definition) is 1. The molecule has 20 heavy (non-hydrogen) atoms. The molecule has 110 valence electrons. The van der Waals surface area contributed by atoms with Gasteiger partial charge in [0, 0.05) is 20.1 Å². The predicted octanol–water partition coefficient (Wildman–Crippen LogP) is 1.10. The van der Waals surface area contributed by atoms with Crippen LogP contribution < -0.4 is 5.32 Å². The lowest BCUT2D eigenvalue weighted by Crippen LogP contribution is -2.40. The monoisotopic (exact) mass is 279 g/mol. The Morgan fingerprint density at radius 3 is 3.00 bits per heavy atom. The smallest absolute Gasteiger partial charge is 0.310 e. The van der Waals surface area contributed by atoms with Crippen molar-refractivity contribution in [2.75, 3.05) is 27.2 Å². The topological polar surface area (TPSA) is 67.1 Å². The fraction of sp³-hybridized carbons (Fsp3) is 0.571. The molecule has 1 aromatic rings. The standard InChI is InChI=1S/C14H21N3O3/c1-10-8-17(9-12(10)13(18)19-3)14(15-2)16-7-11-5-4-6-20-11/h4-6,10,12H,7-9H2,1-3H3,(H,15,16). The van der Waals surface area contributed by atoms with Gasteiger partial charge in [0.15, 0.2) is 5.96 Å². The second-order valence-electron chi connectivity index (χ2n) is 4.99. The Labute approximate surface area is 118 Å². The summed E-state index contributed by atoms with van der Waals surface area (Å²) in [6, 6.07) is 3.76. The number of nitrogens with one attached hydrogen (secondary N) is 1. The summed E-state index contributed by atoms with van der Waals surface area (Å²) < 4.78 is 10.1. The van der Waals surface area contributed by atoms with Crippen LogP contribution in [0.25, 0.3) is 0 Å². The molecular formula is C14H21N3O3. The summed E-state index contributed by atoms with van der Waals surface area (Å²) in [5, 5.41) is 3.24. The number of furan rings is 1. The van der Waals surface area contributed by atoms with Crippen molar-refractivity contribution in [3.63, 3.8) is 0 Å². The lowest BCUT2D eigenvalue weighted by Gasteiger charge is -2.21. The van der Waals surface area contributed by atoms with Crippen LogP contribution in [0.15, 0.2) is 27.8 Å². The normalized spacial score (nSPS) is 22.9. The maximum atomic E-state index is 11.7. The highest BCUT2D eigenvalue weighted by Gasteiger charge is 2.36. The predicted molar refractivity (Wildman–Crippen MR) is 75.1 cm³/mol. The second-order valence-corrected chi connectivity index (χ2v) is 4.99. The van der Waals surface area contributed by atoms with E-state index in [4.69, 9.17) is 9.15 Å². The summed E-state index contributed by atoms with van der Waals surface area (Å²) in [5.41, 5.74) is 0. The molecule has 2 rings (SSSR count). The van der Waals surface area contributed by atoms with Crippen LogP contribution in [0, 0.1) is 11.8 Å². The molecule has 0 radical (unpaired) electrons. The minimum atomic E-state index is -0.151. The van der Waals surface area contributed by atoms with E-state index in [-0.39, 0.29) is 17.8 Å². The highest BCUT2D eigenvalue weighted by atomic mass is 16.5. The first-order chi connectivity index (χ1) is 9.65. The molecule has 1 aromatic heterocycles. The molecule has 0 spiro atoms. The molecular weight excluding hydrogens is 258 g/mol. The van der Waals surface area contributed by atoms with Crippen LogP contribution in [0.3, 0.4) is 0 Å². The van der Waals surface area contributed by atoms with Crippen LogP contribution in [0.5, 0.6) is 0 Å². The molecule has 2 heterocycles. The molecule has 1 fully saturated rings. The Morgan fingerprint density at radius 1 is 1.60 bits per heavy atom. The average molecular weight is 279 g/mol. The summed E-state index contributed by atoms with van der Waals surface area (Å²) in [6.45, 7) is 4.05. The molecule has 6 heteroatoms. The first-order valence-electron chi connectivity index (χ1n) is 6.71. The van der Waals surface area contributed by atoms with Gasteiger partial charge in [0.05, 0.1) is 25.8 Å². The number of esters is 1. The van der Waals surface area contributed by atoms with Crippen LogP contribution >= 0.6 is 0 Å². The van der Waals surface area contributed by atoms with E-state index >= 15 is 0 Å². The zero-order valence-electron chi connectivity index (χ0n) is 12.1. The van der Waals surface area contributed by atoms with Gasteiger partial charge in [-0.15, -0.1) is 0 Å². The number of methoxy groups -OCH3 is 1. The Bertz CT molecular complexity index is 470. The molecule has 0 bridgehead atoms. The number of guanidine groups is 1. The van der Waals surface area contributed by atoms with Crippen LogP contribution in [0.1, 0.15) is 12.7 Å². The Kier molecular flexibility index (Phi) is 4.65.